The average Bonchev–Trinajstić information content (AvgIpc) is 2.76. The largest absolute Gasteiger partial charge is 0.356 e. The van der Waals surface area contributed by atoms with Crippen molar-refractivity contribution in [3.8, 4) is 0 Å². The summed E-state index contributed by atoms with van der Waals surface area (Å²) in [5.41, 5.74) is 5.86. The van der Waals surface area contributed by atoms with Crippen molar-refractivity contribution < 1.29 is 9.59 Å². The molecule has 4 nitrogen and oxygen atoms in total. The van der Waals surface area contributed by atoms with Gasteiger partial charge in [-0.1, -0.05) is 116 Å². The molecule has 0 aromatic heterocycles. The summed E-state index contributed by atoms with van der Waals surface area (Å²) < 4.78 is 0. The Morgan fingerprint density at radius 1 is 0.710 bits per heavy atom. The first-order chi connectivity index (χ1) is 15.1. The minimum absolute atomic E-state index is 0.0831. The molecule has 1 atom stereocenters. The number of hydrogen-bond acceptors (Lipinski definition) is 4. The van der Waals surface area contributed by atoms with Crippen LogP contribution in [0.25, 0.3) is 0 Å². The number of hydrogen-bond donors (Lipinski definition) is 2. The molecule has 0 fully saturated rings. The standard InChI is InChI=1S/C26H52N2O2S/c1-3-5-6-7-8-9-10-11-12-13-14-15-16-17-18-22-25(29)28-23-20-19-21-24(27)26(30)31-4-2/h24H,3-23,27H2,1-2H3,(H,28,29)/t24-/m1/s1. The number of nitrogens with one attached hydrogen (secondary N) is 1. The zero-order valence-electron chi connectivity index (χ0n) is 20.7. The lowest BCUT2D eigenvalue weighted by molar-refractivity contribution is -0.121. The van der Waals surface area contributed by atoms with Crippen molar-refractivity contribution in [3.63, 3.8) is 0 Å². The van der Waals surface area contributed by atoms with Crippen LogP contribution in [-0.2, 0) is 9.59 Å². The molecule has 0 aliphatic rings. The Morgan fingerprint density at radius 2 is 1.19 bits per heavy atom. The molecule has 5 heteroatoms. The molecule has 31 heavy (non-hydrogen) atoms. The SMILES string of the molecule is CCCCCCCCCCCCCCCCCC(=O)NCCCC[C@@H](N)C(=O)SCC. The third kappa shape index (κ3) is 22.4. The van der Waals surface area contributed by atoms with E-state index < -0.39 is 0 Å². The fraction of sp³-hybridized carbons (Fsp3) is 0.923. The highest BCUT2D eigenvalue weighted by Gasteiger charge is 2.12. The van der Waals surface area contributed by atoms with Crippen molar-refractivity contribution in [2.45, 2.75) is 142 Å². The number of amides is 1. The lowest BCUT2D eigenvalue weighted by Crippen LogP contribution is -2.29. The molecule has 184 valence electrons. The maximum Gasteiger partial charge on any atom is 0.219 e. The van der Waals surface area contributed by atoms with Gasteiger partial charge >= 0.3 is 0 Å². The highest BCUT2D eigenvalue weighted by atomic mass is 32.2. The van der Waals surface area contributed by atoms with Gasteiger partial charge in [-0.05, 0) is 31.4 Å². The number of carbonyl (C=O) groups excluding carboxylic acids is 2. The minimum atomic E-state index is -0.360. The second kappa shape index (κ2) is 24.1. The molecular weight excluding hydrogens is 404 g/mol. The monoisotopic (exact) mass is 456 g/mol. The van der Waals surface area contributed by atoms with E-state index in [0.29, 0.717) is 19.4 Å². The van der Waals surface area contributed by atoms with E-state index in [9.17, 15) is 9.59 Å². The van der Waals surface area contributed by atoms with Crippen molar-refractivity contribution in [1.82, 2.24) is 5.32 Å². The molecule has 0 aromatic carbocycles. The Balaban J connectivity index is 3.27. The van der Waals surface area contributed by atoms with Crippen LogP contribution in [-0.4, -0.2) is 29.4 Å². The van der Waals surface area contributed by atoms with E-state index in [4.69, 9.17) is 5.73 Å². The summed E-state index contributed by atoms with van der Waals surface area (Å²) in [5.74, 6) is 0.943. The van der Waals surface area contributed by atoms with Gasteiger partial charge in [0.1, 0.15) is 0 Å². The highest BCUT2D eigenvalue weighted by molar-refractivity contribution is 8.13. The molecule has 0 aliphatic carbocycles. The number of rotatable bonds is 23. The fourth-order valence-electron chi connectivity index (χ4n) is 3.83. The molecule has 0 spiro atoms. The van der Waals surface area contributed by atoms with Crippen molar-refractivity contribution >= 4 is 22.8 Å². The first-order valence-corrected chi connectivity index (χ1v) is 14.3. The van der Waals surface area contributed by atoms with Crippen molar-refractivity contribution in [1.29, 1.82) is 0 Å². The van der Waals surface area contributed by atoms with E-state index in [2.05, 4.69) is 12.2 Å². The Labute approximate surface area is 197 Å². The molecule has 0 radical (unpaired) electrons. The van der Waals surface area contributed by atoms with Gasteiger partial charge < -0.3 is 11.1 Å². The summed E-state index contributed by atoms with van der Waals surface area (Å²) in [6, 6.07) is -0.360. The van der Waals surface area contributed by atoms with Crippen LogP contribution in [0.3, 0.4) is 0 Å². The molecule has 0 unspecified atom stereocenters. The summed E-state index contributed by atoms with van der Waals surface area (Å²) >= 11 is 1.30. The van der Waals surface area contributed by atoms with Gasteiger partial charge in [0, 0.05) is 13.0 Å². The molecule has 0 aromatic rings. The summed E-state index contributed by atoms with van der Waals surface area (Å²) in [4.78, 5) is 23.5. The fourth-order valence-corrected chi connectivity index (χ4v) is 4.45. The maximum atomic E-state index is 11.9. The van der Waals surface area contributed by atoms with Crippen LogP contribution in [0.5, 0.6) is 0 Å². The molecule has 0 saturated carbocycles. The zero-order chi connectivity index (χ0) is 23.0. The first kappa shape index (κ1) is 30.4. The number of thioether (sulfide) groups is 1. The van der Waals surface area contributed by atoms with Gasteiger partial charge in [0.15, 0.2) is 0 Å². The normalized spacial score (nSPS) is 12.1. The van der Waals surface area contributed by atoms with Crippen molar-refractivity contribution in [2.24, 2.45) is 5.73 Å². The number of nitrogens with two attached hydrogens (primary N) is 1. The second-order valence-electron chi connectivity index (χ2n) is 8.90. The van der Waals surface area contributed by atoms with E-state index in [-0.39, 0.29) is 17.1 Å². The van der Waals surface area contributed by atoms with Crippen molar-refractivity contribution in [3.05, 3.63) is 0 Å². The summed E-state index contributed by atoms with van der Waals surface area (Å²) in [6.07, 6.45) is 23.3. The van der Waals surface area contributed by atoms with Gasteiger partial charge in [-0.2, -0.15) is 0 Å². The van der Waals surface area contributed by atoms with Crippen LogP contribution in [0.15, 0.2) is 0 Å². The zero-order valence-corrected chi connectivity index (χ0v) is 21.5. The van der Waals surface area contributed by atoms with Gasteiger partial charge in [0.05, 0.1) is 6.04 Å². The van der Waals surface area contributed by atoms with Crippen LogP contribution in [0.4, 0.5) is 0 Å². The van der Waals surface area contributed by atoms with Crippen LogP contribution in [0.1, 0.15) is 136 Å². The van der Waals surface area contributed by atoms with Crippen LogP contribution in [0, 0.1) is 0 Å². The summed E-state index contributed by atoms with van der Waals surface area (Å²) in [6.45, 7) is 4.93. The molecule has 0 aliphatic heterocycles. The summed E-state index contributed by atoms with van der Waals surface area (Å²) in [7, 11) is 0. The van der Waals surface area contributed by atoms with Crippen molar-refractivity contribution in [2.75, 3.05) is 12.3 Å². The van der Waals surface area contributed by atoms with Crippen LogP contribution < -0.4 is 11.1 Å². The van der Waals surface area contributed by atoms with Gasteiger partial charge in [-0.15, -0.1) is 0 Å². The molecule has 0 rings (SSSR count). The third-order valence-electron chi connectivity index (χ3n) is 5.86. The average molecular weight is 457 g/mol. The Bertz CT molecular complexity index is 418. The van der Waals surface area contributed by atoms with Gasteiger partial charge in [0.2, 0.25) is 11.0 Å². The minimum Gasteiger partial charge on any atom is -0.356 e. The Kier molecular flexibility index (Phi) is 23.7. The predicted octanol–water partition coefficient (Wildman–Crippen LogP) is 7.14. The topological polar surface area (TPSA) is 72.2 Å². The van der Waals surface area contributed by atoms with E-state index in [0.717, 1.165) is 31.4 Å². The predicted molar refractivity (Wildman–Crippen MR) is 138 cm³/mol. The molecule has 3 N–H and O–H groups in total. The van der Waals surface area contributed by atoms with Crippen LogP contribution in [0.2, 0.25) is 0 Å². The van der Waals surface area contributed by atoms with E-state index in [1.807, 2.05) is 6.92 Å². The molecular formula is C26H52N2O2S. The van der Waals surface area contributed by atoms with E-state index in [1.54, 1.807) is 0 Å². The van der Waals surface area contributed by atoms with Crippen LogP contribution >= 0.6 is 11.8 Å². The quantitative estimate of drug-likeness (QED) is 0.160. The van der Waals surface area contributed by atoms with E-state index >= 15 is 0 Å². The number of unbranched alkanes of at least 4 members (excludes halogenated alkanes) is 15. The van der Waals surface area contributed by atoms with Gasteiger partial charge in [-0.25, -0.2) is 0 Å². The highest BCUT2D eigenvalue weighted by Crippen LogP contribution is 2.14. The Hall–Kier alpha value is -0.550. The number of carbonyl (C=O) groups is 2. The van der Waals surface area contributed by atoms with E-state index in [1.165, 1.54) is 95.2 Å². The van der Waals surface area contributed by atoms with Gasteiger partial charge in [0.25, 0.3) is 0 Å². The Morgan fingerprint density at radius 3 is 1.68 bits per heavy atom. The first-order valence-electron chi connectivity index (χ1n) is 13.3. The molecule has 1 amide bonds. The lowest BCUT2D eigenvalue weighted by Gasteiger charge is -2.09. The second-order valence-corrected chi connectivity index (χ2v) is 10.2. The lowest BCUT2D eigenvalue weighted by atomic mass is 10.0. The smallest absolute Gasteiger partial charge is 0.219 e. The molecule has 0 bridgehead atoms. The summed E-state index contributed by atoms with van der Waals surface area (Å²) in [5, 5.41) is 3.07. The molecule has 0 heterocycles. The maximum absolute atomic E-state index is 11.9. The van der Waals surface area contributed by atoms with Gasteiger partial charge in [-0.3, -0.25) is 9.59 Å². The molecule has 0 saturated heterocycles. The third-order valence-corrected chi connectivity index (χ3v) is 6.74.